The molecule has 0 bridgehead atoms. The number of aliphatic hydroxyl groups excluding tert-OH is 1. The first-order valence-corrected chi connectivity index (χ1v) is 8.29. The zero-order valence-electron chi connectivity index (χ0n) is 12.9. The van der Waals surface area contributed by atoms with Crippen molar-refractivity contribution in [3.8, 4) is 11.9 Å². The van der Waals surface area contributed by atoms with Gasteiger partial charge in [0, 0.05) is 23.4 Å². The van der Waals surface area contributed by atoms with Crippen molar-refractivity contribution in [2.45, 2.75) is 31.6 Å². The van der Waals surface area contributed by atoms with E-state index in [1.165, 1.54) is 11.8 Å². The molecule has 0 unspecified atom stereocenters. The quantitative estimate of drug-likeness (QED) is 0.658. The molecule has 3 rings (SSSR count). The molecular formula is C16H17N3O3S. The summed E-state index contributed by atoms with van der Waals surface area (Å²) in [5.74, 6) is 1.44. The van der Waals surface area contributed by atoms with E-state index >= 15 is 0 Å². The van der Waals surface area contributed by atoms with Gasteiger partial charge in [-0.3, -0.25) is 4.79 Å². The van der Waals surface area contributed by atoms with Crippen molar-refractivity contribution in [1.29, 1.82) is 5.26 Å². The number of amidine groups is 1. The van der Waals surface area contributed by atoms with E-state index in [0.29, 0.717) is 23.0 Å². The molecular weight excluding hydrogens is 314 g/mol. The van der Waals surface area contributed by atoms with Crippen molar-refractivity contribution in [2.24, 2.45) is 4.99 Å². The summed E-state index contributed by atoms with van der Waals surface area (Å²) in [7, 11) is 0. The molecule has 2 aliphatic heterocycles. The topological polar surface area (TPSA) is 85.9 Å². The Kier molecular flexibility index (Phi) is 4.04. The highest BCUT2D eigenvalue weighted by molar-refractivity contribution is 8.14. The third-order valence-electron chi connectivity index (χ3n) is 4.16. The van der Waals surface area contributed by atoms with Crippen LogP contribution in [0.15, 0.2) is 23.2 Å². The fourth-order valence-electron chi connectivity index (χ4n) is 3.01. The van der Waals surface area contributed by atoms with Gasteiger partial charge >= 0.3 is 0 Å². The molecule has 7 heteroatoms. The SMILES string of the molecule is CC1(C)Oc2ccc(C=O)cc2[C@H](N2CCS/C2=N/C#N)[C@H]1O. The molecule has 0 aliphatic carbocycles. The minimum Gasteiger partial charge on any atom is -0.485 e. The Morgan fingerprint density at radius 1 is 1.57 bits per heavy atom. The summed E-state index contributed by atoms with van der Waals surface area (Å²) in [5.41, 5.74) is 0.482. The molecule has 2 heterocycles. The van der Waals surface area contributed by atoms with Crippen LogP contribution in [0.4, 0.5) is 0 Å². The Hall–Kier alpha value is -2.04. The summed E-state index contributed by atoms with van der Waals surface area (Å²) in [6.45, 7) is 4.32. The van der Waals surface area contributed by atoms with Gasteiger partial charge < -0.3 is 14.7 Å². The largest absolute Gasteiger partial charge is 0.485 e. The van der Waals surface area contributed by atoms with Crippen molar-refractivity contribution in [3.63, 3.8) is 0 Å². The number of aliphatic hydroxyl groups is 1. The number of carbonyl (C=O) groups excluding carboxylic acids is 1. The zero-order valence-corrected chi connectivity index (χ0v) is 13.7. The molecule has 1 fully saturated rings. The molecule has 1 aromatic carbocycles. The van der Waals surface area contributed by atoms with Crippen LogP contribution < -0.4 is 4.74 Å². The lowest BCUT2D eigenvalue weighted by atomic mass is 9.85. The molecule has 2 atom stereocenters. The maximum atomic E-state index is 11.1. The number of hydrogen-bond donors (Lipinski definition) is 1. The fourth-order valence-corrected chi connectivity index (χ4v) is 3.95. The maximum absolute atomic E-state index is 11.1. The van der Waals surface area contributed by atoms with E-state index in [1.54, 1.807) is 18.2 Å². The summed E-state index contributed by atoms with van der Waals surface area (Å²) in [6.07, 6.45) is 1.77. The predicted octanol–water partition coefficient (Wildman–Crippen LogP) is 1.96. The first-order chi connectivity index (χ1) is 11.0. The normalized spacial score (nSPS) is 27.2. The summed E-state index contributed by atoms with van der Waals surface area (Å²) >= 11 is 1.49. The number of hydrogen-bond acceptors (Lipinski definition) is 6. The van der Waals surface area contributed by atoms with E-state index in [2.05, 4.69) is 4.99 Å². The molecule has 1 N–H and O–H groups in total. The Balaban J connectivity index is 2.12. The highest BCUT2D eigenvalue weighted by Gasteiger charge is 2.47. The monoisotopic (exact) mass is 331 g/mol. The van der Waals surface area contributed by atoms with Gasteiger partial charge in [-0.15, -0.1) is 4.99 Å². The summed E-state index contributed by atoms with van der Waals surface area (Å²) < 4.78 is 5.91. The number of rotatable bonds is 2. The van der Waals surface area contributed by atoms with Crippen LogP contribution in [0.5, 0.6) is 5.75 Å². The van der Waals surface area contributed by atoms with Crippen LogP contribution in [-0.2, 0) is 0 Å². The van der Waals surface area contributed by atoms with E-state index in [-0.39, 0.29) is 0 Å². The molecule has 0 amide bonds. The number of fused-ring (bicyclic) bond motifs is 1. The van der Waals surface area contributed by atoms with Gasteiger partial charge in [-0.1, -0.05) is 11.8 Å². The second kappa shape index (κ2) is 5.87. The highest BCUT2D eigenvalue weighted by atomic mass is 32.2. The van der Waals surface area contributed by atoms with E-state index in [0.717, 1.165) is 17.6 Å². The number of benzene rings is 1. The Bertz CT molecular complexity index is 711. The Morgan fingerprint density at radius 2 is 2.35 bits per heavy atom. The predicted molar refractivity (Wildman–Crippen MR) is 87.5 cm³/mol. The van der Waals surface area contributed by atoms with Gasteiger partial charge in [-0.25, -0.2) is 0 Å². The van der Waals surface area contributed by atoms with Gasteiger partial charge in [0.2, 0.25) is 6.19 Å². The molecule has 23 heavy (non-hydrogen) atoms. The third kappa shape index (κ3) is 2.69. The number of aliphatic imine (C=N–C) groups is 1. The lowest BCUT2D eigenvalue weighted by Crippen LogP contribution is -2.53. The first kappa shape index (κ1) is 15.8. The summed E-state index contributed by atoms with van der Waals surface area (Å²) in [6, 6.07) is 4.78. The van der Waals surface area contributed by atoms with E-state index in [4.69, 9.17) is 10.00 Å². The minimum absolute atomic E-state index is 0.407. The fraction of sp³-hybridized carbons (Fsp3) is 0.438. The standard InChI is InChI=1S/C16H17N3O3S/c1-16(2)14(21)13(19-5-6-23-15(19)18-9-17)11-7-10(8-20)3-4-12(11)22-16/h3-4,7-8,13-14,21H,5-6H2,1-2H3/b18-15+/t13-,14+/m0/s1. The summed E-state index contributed by atoms with van der Waals surface area (Å²) in [4.78, 5) is 16.9. The third-order valence-corrected chi connectivity index (χ3v) is 5.13. The molecule has 0 radical (unpaired) electrons. The van der Waals surface area contributed by atoms with Crippen LogP contribution in [0.25, 0.3) is 0 Å². The molecule has 1 saturated heterocycles. The van der Waals surface area contributed by atoms with E-state index in [9.17, 15) is 9.90 Å². The minimum atomic E-state index is -0.820. The van der Waals surface area contributed by atoms with Crippen LogP contribution in [0, 0.1) is 11.5 Å². The number of thioether (sulfide) groups is 1. The molecule has 0 saturated carbocycles. The lowest BCUT2D eigenvalue weighted by Gasteiger charge is -2.45. The number of nitriles is 1. The second-order valence-corrected chi connectivity index (χ2v) is 7.11. The Morgan fingerprint density at radius 3 is 3.04 bits per heavy atom. The van der Waals surface area contributed by atoms with Crippen LogP contribution in [0.2, 0.25) is 0 Å². The molecule has 6 nitrogen and oxygen atoms in total. The second-order valence-electron chi connectivity index (χ2n) is 6.05. The average Bonchev–Trinajstić information content (AvgIpc) is 2.96. The first-order valence-electron chi connectivity index (χ1n) is 7.30. The Labute approximate surface area is 138 Å². The van der Waals surface area contributed by atoms with Crippen LogP contribution in [-0.4, -0.2) is 45.5 Å². The lowest BCUT2D eigenvalue weighted by molar-refractivity contribution is -0.0800. The van der Waals surface area contributed by atoms with Crippen molar-refractivity contribution >= 4 is 23.2 Å². The van der Waals surface area contributed by atoms with E-state index < -0.39 is 17.7 Å². The maximum Gasteiger partial charge on any atom is 0.208 e. The average molecular weight is 331 g/mol. The zero-order chi connectivity index (χ0) is 16.6. The van der Waals surface area contributed by atoms with Gasteiger partial charge in [0.05, 0.1) is 6.04 Å². The van der Waals surface area contributed by atoms with Crippen LogP contribution in [0.3, 0.4) is 0 Å². The molecule has 0 spiro atoms. The van der Waals surface area contributed by atoms with Crippen LogP contribution >= 0.6 is 11.8 Å². The number of aldehydes is 1. The number of ether oxygens (including phenoxy) is 1. The molecule has 1 aromatic rings. The number of nitrogens with zero attached hydrogens (tertiary/aromatic N) is 3. The van der Waals surface area contributed by atoms with Crippen molar-refractivity contribution < 1.29 is 14.6 Å². The summed E-state index contributed by atoms with van der Waals surface area (Å²) in [5, 5.41) is 20.3. The van der Waals surface area contributed by atoms with Gasteiger partial charge in [0.25, 0.3) is 0 Å². The van der Waals surface area contributed by atoms with Gasteiger partial charge in [0.1, 0.15) is 23.7 Å². The van der Waals surface area contributed by atoms with Crippen molar-refractivity contribution in [2.75, 3.05) is 12.3 Å². The van der Waals surface area contributed by atoms with Crippen molar-refractivity contribution in [1.82, 2.24) is 4.90 Å². The smallest absolute Gasteiger partial charge is 0.208 e. The van der Waals surface area contributed by atoms with Crippen LogP contribution in [0.1, 0.15) is 35.8 Å². The van der Waals surface area contributed by atoms with E-state index in [1.807, 2.05) is 24.9 Å². The van der Waals surface area contributed by atoms with Crippen molar-refractivity contribution in [3.05, 3.63) is 29.3 Å². The highest BCUT2D eigenvalue weighted by Crippen LogP contribution is 2.45. The molecule has 120 valence electrons. The number of carbonyl (C=O) groups is 1. The van der Waals surface area contributed by atoms with Gasteiger partial charge in [0.15, 0.2) is 5.17 Å². The molecule has 2 aliphatic rings. The van der Waals surface area contributed by atoms with Gasteiger partial charge in [-0.05, 0) is 32.0 Å². The van der Waals surface area contributed by atoms with Gasteiger partial charge in [-0.2, -0.15) is 5.26 Å². The molecule has 0 aromatic heterocycles.